The third-order valence-corrected chi connectivity index (χ3v) is 21.8. The molecule has 0 aromatic heterocycles. The van der Waals surface area contributed by atoms with Gasteiger partial charge in [-0.2, -0.15) is 0 Å². The fourth-order valence-corrected chi connectivity index (χ4v) is 19.0. The summed E-state index contributed by atoms with van der Waals surface area (Å²) in [5.74, 6) is 0. The molecule has 0 nitrogen and oxygen atoms in total. The molecule has 24 heavy (non-hydrogen) atoms. The van der Waals surface area contributed by atoms with Gasteiger partial charge in [-0.15, -0.1) is 0 Å². The molecule has 0 aromatic carbocycles. The van der Waals surface area contributed by atoms with Crippen molar-refractivity contribution in [2.45, 2.75) is 125 Å². The second-order valence-electron chi connectivity index (χ2n) is 7.77. The number of hydrogen-bond donors (Lipinski definition) is 0. The molecule has 0 saturated heterocycles. The number of unbranched alkanes of at least 4 members (excludes halogenated alkanes) is 8. The zero-order chi connectivity index (χ0) is 18.1. The van der Waals surface area contributed by atoms with Crippen LogP contribution in [0.2, 0.25) is 13.3 Å². The van der Waals surface area contributed by atoms with E-state index in [1.807, 2.05) is 0 Å². The average molecular weight is 441 g/mol. The van der Waals surface area contributed by atoms with Crippen LogP contribution in [0, 0.1) is 0 Å². The summed E-state index contributed by atoms with van der Waals surface area (Å²) < 4.78 is 6.49. The Hall–Kier alpha value is 0.319. The molecule has 0 amide bonds. The molecule has 0 aromatic rings. The van der Waals surface area contributed by atoms with Crippen LogP contribution in [0.4, 0.5) is 0 Å². The van der Waals surface area contributed by atoms with E-state index >= 15 is 0 Å². The summed E-state index contributed by atoms with van der Waals surface area (Å²) in [5.41, 5.74) is 3.83. The second kappa shape index (κ2) is 16.8. The topological polar surface area (TPSA) is 0 Å². The van der Waals surface area contributed by atoms with Gasteiger partial charge in [0.15, 0.2) is 0 Å². The van der Waals surface area contributed by atoms with Crippen LogP contribution in [-0.4, -0.2) is 18.4 Å². The SMILES string of the molecule is CCCCCCCC=C=[C](C)[Sn]([CH2]CCC)([CH2]CCC)[CH2]CCC. The molecule has 0 atom stereocenters. The van der Waals surface area contributed by atoms with Crippen LogP contribution in [-0.2, 0) is 0 Å². The Morgan fingerprint density at radius 1 is 0.667 bits per heavy atom. The van der Waals surface area contributed by atoms with E-state index in [1.165, 1.54) is 77.0 Å². The van der Waals surface area contributed by atoms with Gasteiger partial charge in [-0.25, -0.2) is 0 Å². The van der Waals surface area contributed by atoms with Gasteiger partial charge >= 0.3 is 159 Å². The summed E-state index contributed by atoms with van der Waals surface area (Å²) in [6, 6.07) is 0. The quantitative estimate of drug-likeness (QED) is 0.128. The molecule has 0 heterocycles. The molecule has 0 spiro atoms. The Bertz CT molecular complexity index is 314. The zero-order valence-corrected chi connectivity index (χ0v) is 20.5. The average Bonchev–Trinajstić information content (AvgIpc) is 2.60. The Morgan fingerprint density at radius 3 is 1.58 bits per heavy atom. The molecule has 142 valence electrons. The van der Waals surface area contributed by atoms with Crippen molar-refractivity contribution in [1.29, 1.82) is 0 Å². The molecular weight excluding hydrogens is 395 g/mol. The standard InChI is InChI=1S/C11H19.3C4H9.Sn/c1-3-5-7-9-11-10-8-6-4-2;3*1-3-4-2;/h8H,3,5,7,9-11H2,1-2H3;3*1,3-4H2,2H3;. The summed E-state index contributed by atoms with van der Waals surface area (Å²) in [6.45, 7) is 11.8. The molecule has 0 radical (unpaired) electrons. The van der Waals surface area contributed by atoms with E-state index in [9.17, 15) is 0 Å². The summed E-state index contributed by atoms with van der Waals surface area (Å²) in [7, 11) is 0. The van der Waals surface area contributed by atoms with Crippen molar-refractivity contribution < 1.29 is 0 Å². The van der Waals surface area contributed by atoms with Gasteiger partial charge in [0, 0.05) is 0 Å². The second-order valence-corrected chi connectivity index (χ2v) is 21.5. The summed E-state index contributed by atoms with van der Waals surface area (Å²) in [4.78, 5) is 0. The van der Waals surface area contributed by atoms with E-state index in [0.717, 1.165) is 0 Å². The van der Waals surface area contributed by atoms with Crippen LogP contribution in [0.5, 0.6) is 0 Å². The minimum atomic E-state index is -2.14. The monoisotopic (exact) mass is 442 g/mol. The van der Waals surface area contributed by atoms with Crippen LogP contribution in [0.3, 0.4) is 0 Å². The summed E-state index contributed by atoms with van der Waals surface area (Å²) in [5, 5.41) is 0. The van der Waals surface area contributed by atoms with Crippen molar-refractivity contribution in [3.63, 3.8) is 0 Å². The summed E-state index contributed by atoms with van der Waals surface area (Å²) >= 11 is -2.14. The van der Waals surface area contributed by atoms with Gasteiger partial charge in [0.1, 0.15) is 0 Å². The van der Waals surface area contributed by atoms with Crippen LogP contribution in [0.25, 0.3) is 0 Å². The van der Waals surface area contributed by atoms with Crippen molar-refractivity contribution in [3.8, 4) is 0 Å². The molecule has 0 N–H and O–H groups in total. The zero-order valence-electron chi connectivity index (χ0n) is 17.7. The molecule has 0 saturated carbocycles. The van der Waals surface area contributed by atoms with Crippen LogP contribution < -0.4 is 0 Å². The maximum absolute atomic E-state index is 3.83. The number of hydrogen-bond acceptors (Lipinski definition) is 0. The maximum atomic E-state index is 3.83. The van der Waals surface area contributed by atoms with Crippen LogP contribution >= 0.6 is 0 Å². The molecule has 0 aliphatic rings. The van der Waals surface area contributed by atoms with Gasteiger partial charge in [0.25, 0.3) is 0 Å². The fraction of sp³-hybridized carbons (Fsp3) is 0.870. The Morgan fingerprint density at radius 2 is 1.12 bits per heavy atom. The van der Waals surface area contributed by atoms with Gasteiger partial charge in [-0.3, -0.25) is 0 Å². The van der Waals surface area contributed by atoms with Gasteiger partial charge < -0.3 is 0 Å². The number of allylic oxidation sites excluding steroid dienone is 1. The van der Waals surface area contributed by atoms with E-state index in [0.29, 0.717) is 0 Å². The van der Waals surface area contributed by atoms with Gasteiger partial charge in [-0.1, -0.05) is 0 Å². The van der Waals surface area contributed by atoms with E-state index < -0.39 is 18.4 Å². The Labute approximate surface area is 158 Å². The fourth-order valence-electron chi connectivity index (χ4n) is 3.71. The molecule has 0 aliphatic heterocycles. The van der Waals surface area contributed by atoms with E-state index in [4.69, 9.17) is 0 Å². The van der Waals surface area contributed by atoms with Crippen molar-refractivity contribution >= 4 is 18.4 Å². The van der Waals surface area contributed by atoms with Crippen molar-refractivity contribution in [3.05, 3.63) is 15.4 Å². The van der Waals surface area contributed by atoms with Gasteiger partial charge in [-0.05, 0) is 0 Å². The molecule has 1 heteroatoms. The van der Waals surface area contributed by atoms with E-state index in [1.54, 1.807) is 16.9 Å². The predicted molar refractivity (Wildman–Crippen MR) is 116 cm³/mol. The summed E-state index contributed by atoms with van der Waals surface area (Å²) in [6.07, 6.45) is 19.1. The Balaban J connectivity index is 4.87. The molecule has 0 rings (SSSR count). The van der Waals surface area contributed by atoms with Crippen molar-refractivity contribution in [2.24, 2.45) is 0 Å². The predicted octanol–water partition coefficient (Wildman–Crippen LogP) is 8.84. The molecule has 0 bridgehead atoms. The van der Waals surface area contributed by atoms with Gasteiger partial charge in [0.2, 0.25) is 0 Å². The molecule has 0 aliphatic carbocycles. The third-order valence-electron chi connectivity index (χ3n) is 5.59. The minimum absolute atomic E-state index is 1.25. The van der Waals surface area contributed by atoms with Crippen molar-refractivity contribution in [2.75, 3.05) is 0 Å². The van der Waals surface area contributed by atoms with E-state index in [-0.39, 0.29) is 0 Å². The third kappa shape index (κ3) is 11.0. The molecular formula is C23H46Sn. The van der Waals surface area contributed by atoms with Crippen molar-refractivity contribution in [1.82, 2.24) is 0 Å². The van der Waals surface area contributed by atoms with Gasteiger partial charge in [0.05, 0.1) is 0 Å². The Kier molecular flexibility index (Phi) is 17.0. The first-order valence-electron chi connectivity index (χ1n) is 11.1. The molecule has 0 unspecified atom stereocenters. The van der Waals surface area contributed by atoms with Crippen LogP contribution in [0.1, 0.15) is 112 Å². The normalized spacial score (nSPS) is 11.4. The van der Waals surface area contributed by atoms with Crippen LogP contribution in [0.15, 0.2) is 15.4 Å². The first-order valence-corrected chi connectivity index (χ1v) is 18.6. The first kappa shape index (κ1) is 24.3. The molecule has 0 fully saturated rings. The first-order chi connectivity index (χ1) is 11.7. The van der Waals surface area contributed by atoms with E-state index in [2.05, 4.69) is 46.4 Å². The number of rotatable bonds is 16.